The monoisotopic (exact) mass is 209 g/mol. The minimum absolute atomic E-state index is 0.319. The van der Waals surface area contributed by atoms with Crippen molar-refractivity contribution in [3.8, 4) is 0 Å². The Morgan fingerprint density at radius 1 is 1.53 bits per heavy atom. The van der Waals surface area contributed by atoms with Crippen molar-refractivity contribution in [1.82, 2.24) is 9.97 Å². The third-order valence-corrected chi connectivity index (χ3v) is 3.05. The zero-order valence-corrected chi connectivity index (χ0v) is 10.3. The summed E-state index contributed by atoms with van der Waals surface area (Å²) in [7, 11) is 0. The highest BCUT2D eigenvalue weighted by Crippen LogP contribution is 2.23. The average molecular weight is 209 g/mol. The van der Waals surface area contributed by atoms with Crippen molar-refractivity contribution >= 4 is 0 Å². The van der Waals surface area contributed by atoms with Crippen molar-refractivity contribution in [2.75, 3.05) is 0 Å². The van der Waals surface area contributed by atoms with Crippen LogP contribution >= 0.6 is 0 Å². The quantitative estimate of drug-likeness (QED) is 0.783. The molecule has 86 valence electrons. The lowest BCUT2D eigenvalue weighted by Gasteiger charge is -2.21. The van der Waals surface area contributed by atoms with Gasteiger partial charge in [0.15, 0.2) is 0 Å². The lowest BCUT2D eigenvalue weighted by atomic mass is 9.97. The van der Waals surface area contributed by atoms with Crippen LogP contribution in [0.3, 0.4) is 0 Å². The zero-order valence-electron chi connectivity index (χ0n) is 10.3. The lowest BCUT2D eigenvalue weighted by Crippen LogP contribution is -2.34. The third-order valence-electron chi connectivity index (χ3n) is 3.05. The minimum atomic E-state index is -0.319. The summed E-state index contributed by atoms with van der Waals surface area (Å²) in [4.78, 5) is 7.75. The summed E-state index contributed by atoms with van der Waals surface area (Å²) in [5.41, 5.74) is 7.09. The van der Waals surface area contributed by atoms with Crippen LogP contribution in [-0.2, 0) is 5.54 Å². The molecule has 0 saturated carbocycles. The Bertz CT molecular complexity index is 302. The average Bonchev–Trinajstić information content (AvgIpc) is 2.66. The van der Waals surface area contributed by atoms with E-state index in [1.807, 2.05) is 13.1 Å². The molecule has 0 radical (unpaired) electrons. The molecule has 0 aliphatic carbocycles. The normalized spacial score (nSPS) is 17.4. The Kier molecular flexibility index (Phi) is 3.91. The lowest BCUT2D eigenvalue weighted by molar-refractivity contribution is 0.422. The number of rotatable bonds is 5. The van der Waals surface area contributed by atoms with Crippen LogP contribution in [0.4, 0.5) is 0 Å². The highest BCUT2D eigenvalue weighted by molar-refractivity contribution is 5.12. The molecule has 2 unspecified atom stereocenters. The molecule has 3 nitrogen and oxygen atoms in total. The molecule has 1 aromatic heterocycles. The van der Waals surface area contributed by atoms with E-state index in [0.29, 0.717) is 5.92 Å². The Morgan fingerprint density at radius 3 is 2.73 bits per heavy atom. The molecule has 0 spiro atoms. The number of aromatic nitrogens is 2. The van der Waals surface area contributed by atoms with Gasteiger partial charge in [-0.25, -0.2) is 4.98 Å². The van der Waals surface area contributed by atoms with Gasteiger partial charge in [-0.05, 0) is 25.7 Å². The van der Waals surface area contributed by atoms with E-state index in [1.54, 1.807) is 0 Å². The maximum absolute atomic E-state index is 6.21. The summed E-state index contributed by atoms with van der Waals surface area (Å²) in [6, 6.07) is 0. The molecule has 0 aromatic carbocycles. The Morgan fingerprint density at radius 2 is 2.20 bits per heavy atom. The van der Waals surface area contributed by atoms with Crippen molar-refractivity contribution in [3.63, 3.8) is 0 Å². The fourth-order valence-electron chi connectivity index (χ4n) is 1.73. The van der Waals surface area contributed by atoms with E-state index in [-0.39, 0.29) is 5.54 Å². The first-order chi connectivity index (χ1) is 7.01. The molecule has 0 aliphatic heterocycles. The highest BCUT2D eigenvalue weighted by atomic mass is 15.0. The van der Waals surface area contributed by atoms with Gasteiger partial charge >= 0.3 is 0 Å². The van der Waals surface area contributed by atoms with Gasteiger partial charge in [-0.15, -0.1) is 0 Å². The number of aromatic amines is 1. The molecule has 0 fully saturated rings. The van der Waals surface area contributed by atoms with E-state index in [4.69, 9.17) is 5.73 Å². The smallest absolute Gasteiger partial charge is 0.126 e. The topological polar surface area (TPSA) is 54.7 Å². The van der Waals surface area contributed by atoms with Gasteiger partial charge in [0, 0.05) is 11.9 Å². The predicted octanol–water partition coefficient (Wildman–Crippen LogP) is 2.90. The molecule has 1 rings (SSSR count). The van der Waals surface area contributed by atoms with Gasteiger partial charge in [0.2, 0.25) is 0 Å². The molecule has 0 bridgehead atoms. The maximum Gasteiger partial charge on any atom is 0.126 e. The molecule has 3 heteroatoms. The van der Waals surface area contributed by atoms with Crippen molar-refractivity contribution in [3.05, 3.63) is 17.7 Å². The molecule has 0 saturated heterocycles. The zero-order chi connectivity index (χ0) is 11.5. The highest BCUT2D eigenvalue weighted by Gasteiger charge is 2.23. The van der Waals surface area contributed by atoms with Crippen molar-refractivity contribution in [2.24, 2.45) is 5.73 Å². The summed E-state index contributed by atoms with van der Waals surface area (Å²) >= 11 is 0. The second-order valence-corrected chi connectivity index (χ2v) is 4.66. The second-order valence-electron chi connectivity index (χ2n) is 4.66. The molecular weight excluding hydrogens is 186 g/mol. The van der Waals surface area contributed by atoms with Crippen LogP contribution in [0, 0.1) is 0 Å². The van der Waals surface area contributed by atoms with E-state index in [0.717, 1.165) is 25.1 Å². The van der Waals surface area contributed by atoms with Crippen molar-refractivity contribution in [1.29, 1.82) is 0 Å². The molecule has 15 heavy (non-hydrogen) atoms. The van der Waals surface area contributed by atoms with Crippen molar-refractivity contribution < 1.29 is 0 Å². The predicted molar refractivity (Wildman–Crippen MR) is 63.7 cm³/mol. The van der Waals surface area contributed by atoms with E-state index in [9.17, 15) is 0 Å². The van der Waals surface area contributed by atoms with Crippen LogP contribution in [0.2, 0.25) is 0 Å². The maximum atomic E-state index is 6.21. The molecule has 0 amide bonds. The Balaban J connectivity index is 2.83. The summed E-state index contributed by atoms with van der Waals surface area (Å²) < 4.78 is 0. The molecule has 3 N–H and O–H groups in total. The first kappa shape index (κ1) is 12.2. The van der Waals surface area contributed by atoms with Crippen molar-refractivity contribution in [2.45, 2.75) is 58.4 Å². The standard InChI is InChI=1S/C12H23N3/c1-5-7-12(4,13)11-14-8-10(15-11)9(3)6-2/h8-9H,5-7,13H2,1-4H3,(H,14,15). The number of nitrogens with one attached hydrogen (secondary N) is 1. The van der Waals surface area contributed by atoms with Crippen LogP contribution < -0.4 is 5.73 Å². The molecule has 2 atom stereocenters. The summed E-state index contributed by atoms with van der Waals surface area (Å²) in [6.07, 6.45) is 5.08. The molecular formula is C12H23N3. The van der Waals surface area contributed by atoms with Gasteiger partial charge in [0.05, 0.1) is 5.54 Å². The summed E-state index contributed by atoms with van der Waals surface area (Å²) in [6.45, 7) is 8.56. The third kappa shape index (κ3) is 2.81. The largest absolute Gasteiger partial charge is 0.344 e. The second kappa shape index (κ2) is 4.79. The fraction of sp³-hybridized carbons (Fsp3) is 0.750. The van der Waals surface area contributed by atoms with Crippen LogP contribution in [0.5, 0.6) is 0 Å². The number of imidazole rings is 1. The molecule has 1 heterocycles. The van der Waals surface area contributed by atoms with Gasteiger partial charge < -0.3 is 10.7 Å². The van der Waals surface area contributed by atoms with Gasteiger partial charge in [0.1, 0.15) is 5.82 Å². The molecule has 0 aliphatic rings. The Hall–Kier alpha value is -0.830. The summed E-state index contributed by atoms with van der Waals surface area (Å²) in [5.74, 6) is 1.45. The van der Waals surface area contributed by atoms with Gasteiger partial charge in [-0.1, -0.05) is 27.2 Å². The van der Waals surface area contributed by atoms with Crippen LogP contribution in [0.1, 0.15) is 64.4 Å². The first-order valence-electron chi connectivity index (χ1n) is 5.85. The van der Waals surface area contributed by atoms with E-state index >= 15 is 0 Å². The Labute approximate surface area is 92.5 Å². The first-order valence-corrected chi connectivity index (χ1v) is 5.85. The van der Waals surface area contributed by atoms with Crippen LogP contribution in [0.15, 0.2) is 6.20 Å². The van der Waals surface area contributed by atoms with Gasteiger partial charge in [-0.2, -0.15) is 0 Å². The molecule has 1 aromatic rings. The SMILES string of the molecule is CCCC(C)(N)c1ncc(C(C)CC)[nH]1. The van der Waals surface area contributed by atoms with Gasteiger partial charge in [-0.3, -0.25) is 0 Å². The van der Waals surface area contributed by atoms with E-state index in [2.05, 4.69) is 30.7 Å². The van der Waals surface area contributed by atoms with Crippen LogP contribution in [0.25, 0.3) is 0 Å². The van der Waals surface area contributed by atoms with Crippen LogP contribution in [-0.4, -0.2) is 9.97 Å². The van der Waals surface area contributed by atoms with E-state index < -0.39 is 0 Å². The number of hydrogen-bond donors (Lipinski definition) is 2. The number of nitrogens with zero attached hydrogens (tertiary/aromatic N) is 1. The number of hydrogen-bond acceptors (Lipinski definition) is 2. The number of H-pyrrole nitrogens is 1. The van der Waals surface area contributed by atoms with E-state index in [1.165, 1.54) is 5.69 Å². The minimum Gasteiger partial charge on any atom is -0.344 e. The fourth-order valence-corrected chi connectivity index (χ4v) is 1.73. The number of nitrogens with two attached hydrogens (primary N) is 1. The summed E-state index contributed by atoms with van der Waals surface area (Å²) in [5, 5.41) is 0. The van der Waals surface area contributed by atoms with Gasteiger partial charge in [0.25, 0.3) is 0 Å².